The van der Waals surface area contributed by atoms with Gasteiger partial charge in [-0.2, -0.15) is 5.10 Å². The molecular weight excluding hydrogens is 290 g/mol. The molecule has 1 aromatic carbocycles. The van der Waals surface area contributed by atoms with Crippen LogP contribution >= 0.6 is 0 Å². The molecule has 0 fully saturated rings. The zero-order chi connectivity index (χ0) is 16.8. The number of hydrogen-bond acceptors (Lipinski definition) is 5. The lowest BCUT2D eigenvalue weighted by Crippen LogP contribution is -2.24. The van der Waals surface area contributed by atoms with E-state index in [0.717, 1.165) is 5.56 Å². The summed E-state index contributed by atoms with van der Waals surface area (Å²) in [5.41, 5.74) is 8.19. The summed E-state index contributed by atoms with van der Waals surface area (Å²) in [5, 5.41) is 5.01. The maximum absolute atomic E-state index is 12.9. The normalized spacial score (nSPS) is 11.8. The number of carbonyl (C=O) groups excluding carboxylic acids is 1. The number of rotatable bonds is 2. The minimum Gasteiger partial charge on any atom is -0.383 e. The maximum Gasteiger partial charge on any atom is 0.214 e. The summed E-state index contributed by atoms with van der Waals surface area (Å²) < 4.78 is 1.72. The summed E-state index contributed by atoms with van der Waals surface area (Å²) in [7, 11) is 0. The van der Waals surface area contributed by atoms with Crippen LogP contribution < -0.4 is 5.73 Å². The Kier molecular flexibility index (Phi) is 3.39. The number of aryl methyl sites for hydroxylation is 1. The molecule has 0 saturated heterocycles. The predicted molar refractivity (Wildman–Crippen MR) is 89.3 cm³/mol. The van der Waals surface area contributed by atoms with Crippen LogP contribution in [0.1, 0.15) is 42.4 Å². The first-order chi connectivity index (χ1) is 10.8. The van der Waals surface area contributed by atoms with Gasteiger partial charge in [0, 0.05) is 5.56 Å². The molecule has 23 heavy (non-hydrogen) atoms. The number of hydrogen-bond donors (Lipinski definition) is 1. The highest BCUT2D eigenvalue weighted by Gasteiger charge is 2.26. The molecule has 0 aliphatic heterocycles. The van der Waals surface area contributed by atoms with E-state index in [1.807, 2.05) is 39.8 Å². The standard InChI is InChI=1S/C17H19N5O/c1-10-5-7-11(8-6-10)14(23)13-12-15(18)19-9-20-16(12)22(21-13)17(2,3)4/h5-9H,1-4H3,(H2,18,19,20). The van der Waals surface area contributed by atoms with Crippen LogP contribution in [0.15, 0.2) is 30.6 Å². The van der Waals surface area contributed by atoms with Gasteiger partial charge >= 0.3 is 0 Å². The Balaban J connectivity index is 2.25. The summed E-state index contributed by atoms with van der Waals surface area (Å²) in [6.07, 6.45) is 1.39. The third-order valence-corrected chi connectivity index (χ3v) is 3.66. The lowest BCUT2D eigenvalue weighted by atomic mass is 10.0. The number of aromatic nitrogens is 4. The van der Waals surface area contributed by atoms with Crippen LogP contribution in [-0.4, -0.2) is 25.5 Å². The molecular formula is C17H19N5O. The fourth-order valence-electron chi connectivity index (χ4n) is 2.44. The third kappa shape index (κ3) is 2.56. The number of nitrogens with two attached hydrogens (primary N) is 1. The number of benzene rings is 1. The Morgan fingerprint density at radius 1 is 1.13 bits per heavy atom. The van der Waals surface area contributed by atoms with Crippen molar-refractivity contribution < 1.29 is 4.79 Å². The molecule has 0 aliphatic carbocycles. The Morgan fingerprint density at radius 3 is 2.39 bits per heavy atom. The second kappa shape index (κ2) is 5.15. The molecule has 6 heteroatoms. The van der Waals surface area contributed by atoms with E-state index in [4.69, 9.17) is 5.73 Å². The van der Waals surface area contributed by atoms with Crippen molar-refractivity contribution in [2.75, 3.05) is 5.73 Å². The number of ketones is 1. The molecule has 0 aliphatic rings. The van der Waals surface area contributed by atoms with Gasteiger partial charge in [-0.25, -0.2) is 14.6 Å². The number of nitrogen functional groups attached to an aromatic ring is 1. The van der Waals surface area contributed by atoms with Gasteiger partial charge < -0.3 is 5.73 Å². The van der Waals surface area contributed by atoms with Crippen molar-refractivity contribution in [2.24, 2.45) is 0 Å². The van der Waals surface area contributed by atoms with E-state index in [-0.39, 0.29) is 22.8 Å². The van der Waals surface area contributed by atoms with E-state index in [2.05, 4.69) is 15.1 Å². The predicted octanol–water partition coefficient (Wildman–Crippen LogP) is 2.70. The number of nitrogens with zero attached hydrogens (tertiary/aromatic N) is 4. The molecule has 2 aromatic heterocycles. The first-order valence-corrected chi connectivity index (χ1v) is 7.40. The highest BCUT2D eigenvalue weighted by Crippen LogP contribution is 2.27. The summed E-state index contributed by atoms with van der Waals surface area (Å²) >= 11 is 0. The summed E-state index contributed by atoms with van der Waals surface area (Å²) in [4.78, 5) is 21.2. The van der Waals surface area contributed by atoms with Gasteiger partial charge in [0.2, 0.25) is 5.78 Å². The molecule has 0 unspecified atom stereocenters. The van der Waals surface area contributed by atoms with E-state index in [1.54, 1.807) is 16.8 Å². The van der Waals surface area contributed by atoms with Crippen LogP contribution in [0.4, 0.5) is 5.82 Å². The van der Waals surface area contributed by atoms with Crippen LogP contribution in [0, 0.1) is 6.92 Å². The molecule has 2 N–H and O–H groups in total. The fourth-order valence-corrected chi connectivity index (χ4v) is 2.44. The molecule has 118 valence electrons. The van der Waals surface area contributed by atoms with Crippen molar-refractivity contribution in [3.05, 3.63) is 47.4 Å². The molecule has 3 aromatic rings. The van der Waals surface area contributed by atoms with E-state index in [1.165, 1.54) is 6.33 Å². The zero-order valence-corrected chi connectivity index (χ0v) is 13.7. The number of anilines is 1. The average Bonchev–Trinajstić information content (AvgIpc) is 2.88. The Hall–Kier alpha value is -2.76. The lowest BCUT2D eigenvalue weighted by Gasteiger charge is -2.19. The molecule has 0 radical (unpaired) electrons. The van der Waals surface area contributed by atoms with Crippen LogP contribution in [0.25, 0.3) is 11.0 Å². The van der Waals surface area contributed by atoms with Gasteiger partial charge in [0.25, 0.3) is 0 Å². The summed E-state index contributed by atoms with van der Waals surface area (Å²) in [6.45, 7) is 7.97. The van der Waals surface area contributed by atoms with Crippen LogP contribution in [-0.2, 0) is 5.54 Å². The minimum atomic E-state index is -0.329. The fraction of sp³-hybridized carbons (Fsp3) is 0.294. The second-order valence-corrected chi connectivity index (χ2v) is 6.58. The number of fused-ring (bicyclic) bond motifs is 1. The number of carbonyl (C=O) groups is 1. The van der Waals surface area contributed by atoms with Crippen molar-refractivity contribution in [3.63, 3.8) is 0 Å². The minimum absolute atomic E-state index is 0.181. The molecule has 0 bridgehead atoms. The van der Waals surface area contributed by atoms with Gasteiger partial charge in [-0.15, -0.1) is 0 Å². The Morgan fingerprint density at radius 2 is 1.78 bits per heavy atom. The molecule has 0 amide bonds. The first kappa shape index (κ1) is 15.1. The molecule has 0 spiro atoms. The second-order valence-electron chi connectivity index (χ2n) is 6.58. The van der Waals surface area contributed by atoms with Crippen molar-refractivity contribution in [2.45, 2.75) is 33.2 Å². The molecule has 6 nitrogen and oxygen atoms in total. The van der Waals surface area contributed by atoms with Gasteiger partial charge in [-0.1, -0.05) is 29.8 Å². The first-order valence-electron chi connectivity index (χ1n) is 7.40. The molecule has 3 rings (SSSR count). The smallest absolute Gasteiger partial charge is 0.214 e. The zero-order valence-electron chi connectivity index (χ0n) is 13.7. The van der Waals surface area contributed by atoms with Crippen molar-refractivity contribution >= 4 is 22.6 Å². The summed E-state index contributed by atoms with van der Waals surface area (Å²) in [6, 6.07) is 7.38. The lowest BCUT2D eigenvalue weighted by molar-refractivity contribution is 0.103. The highest BCUT2D eigenvalue weighted by atomic mass is 16.1. The quantitative estimate of drug-likeness (QED) is 0.735. The SMILES string of the molecule is Cc1ccc(C(=O)c2nn(C(C)(C)C)c3ncnc(N)c23)cc1. The van der Waals surface area contributed by atoms with E-state index in [0.29, 0.717) is 16.6 Å². The van der Waals surface area contributed by atoms with Gasteiger partial charge in [0.15, 0.2) is 5.65 Å². The Labute approximate surface area is 134 Å². The van der Waals surface area contributed by atoms with Crippen LogP contribution in [0.2, 0.25) is 0 Å². The van der Waals surface area contributed by atoms with Crippen molar-refractivity contribution in [1.29, 1.82) is 0 Å². The van der Waals surface area contributed by atoms with Gasteiger partial charge in [0.05, 0.1) is 10.9 Å². The van der Waals surface area contributed by atoms with E-state index >= 15 is 0 Å². The molecule has 0 atom stereocenters. The topological polar surface area (TPSA) is 86.7 Å². The van der Waals surface area contributed by atoms with Crippen molar-refractivity contribution in [1.82, 2.24) is 19.7 Å². The third-order valence-electron chi connectivity index (χ3n) is 3.66. The largest absolute Gasteiger partial charge is 0.383 e. The average molecular weight is 309 g/mol. The van der Waals surface area contributed by atoms with E-state index < -0.39 is 0 Å². The van der Waals surface area contributed by atoms with Gasteiger partial charge in [-0.3, -0.25) is 4.79 Å². The van der Waals surface area contributed by atoms with E-state index in [9.17, 15) is 4.79 Å². The Bertz CT molecular complexity index is 888. The van der Waals surface area contributed by atoms with Crippen LogP contribution in [0.3, 0.4) is 0 Å². The van der Waals surface area contributed by atoms with Crippen LogP contribution in [0.5, 0.6) is 0 Å². The van der Waals surface area contributed by atoms with Crippen molar-refractivity contribution in [3.8, 4) is 0 Å². The van der Waals surface area contributed by atoms with Gasteiger partial charge in [0.1, 0.15) is 17.8 Å². The molecule has 2 heterocycles. The molecule has 0 saturated carbocycles. The van der Waals surface area contributed by atoms with Gasteiger partial charge in [-0.05, 0) is 27.7 Å². The summed E-state index contributed by atoms with van der Waals surface area (Å²) in [5.74, 6) is 0.0838. The monoisotopic (exact) mass is 309 g/mol. The maximum atomic E-state index is 12.9. The highest BCUT2D eigenvalue weighted by molar-refractivity contribution is 6.16.